The number of amidine groups is 1. The van der Waals surface area contributed by atoms with Gasteiger partial charge in [0.15, 0.2) is 0 Å². The van der Waals surface area contributed by atoms with Crippen LogP contribution in [0, 0.1) is 57.7 Å². The predicted octanol–water partition coefficient (Wildman–Crippen LogP) is 3.44. The molecule has 0 heterocycles. The maximum Gasteiger partial charge on any atom is 0.107 e. The second-order valence-electron chi connectivity index (χ2n) is 12.3. The van der Waals surface area contributed by atoms with E-state index in [1.54, 1.807) is 0 Å². The van der Waals surface area contributed by atoms with Gasteiger partial charge in [0.25, 0.3) is 0 Å². The molecule has 184 valence electrons. The summed E-state index contributed by atoms with van der Waals surface area (Å²) in [6, 6.07) is 0. The van der Waals surface area contributed by atoms with E-state index in [0.29, 0.717) is 41.8 Å². The average molecular weight is 450 g/mol. The number of hydrogen-bond acceptors (Lipinski definition) is 5. The second-order valence-corrected chi connectivity index (χ2v) is 12.3. The van der Waals surface area contributed by atoms with Crippen LogP contribution in [0.3, 0.4) is 0 Å². The monoisotopic (exact) mass is 449 g/mol. The smallest absolute Gasteiger partial charge is 0.107 e. The van der Waals surface area contributed by atoms with Gasteiger partial charge in [0.05, 0.1) is 18.3 Å². The number of aliphatic hydroxyl groups excluding tert-OH is 3. The van der Waals surface area contributed by atoms with Crippen LogP contribution < -0.4 is 11.3 Å². The third-order valence-electron chi connectivity index (χ3n) is 11.3. The summed E-state index contributed by atoms with van der Waals surface area (Å²) in [5.41, 5.74) is 2.37. The van der Waals surface area contributed by atoms with Crippen molar-refractivity contribution in [1.29, 1.82) is 5.41 Å². The highest BCUT2D eigenvalue weighted by Gasteiger charge is 2.67. The van der Waals surface area contributed by atoms with E-state index in [-0.39, 0.29) is 41.0 Å². The molecule has 0 aromatic carbocycles. The van der Waals surface area contributed by atoms with Gasteiger partial charge in [-0.2, -0.15) is 0 Å². The SMILES string of the molecule is CC[C@H]1[C@@H](O)C2C3CCC([C@H](C)CCC(=N)NN)[C@@]3(C)[C@@H](O)CC2[C@@]2(C)CC[C@@H](O)C[C@@H]12. The van der Waals surface area contributed by atoms with Gasteiger partial charge in [0.1, 0.15) is 5.84 Å². The average Bonchev–Trinajstić information content (AvgIpc) is 3.12. The zero-order chi connectivity index (χ0) is 23.4. The molecule has 4 saturated carbocycles. The van der Waals surface area contributed by atoms with Gasteiger partial charge in [-0.05, 0) is 97.2 Å². The molecule has 4 aliphatic rings. The lowest BCUT2D eigenvalue weighted by Gasteiger charge is -2.65. The van der Waals surface area contributed by atoms with Crippen LogP contribution in [-0.2, 0) is 0 Å². The predicted molar refractivity (Wildman–Crippen MR) is 127 cm³/mol. The molecule has 32 heavy (non-hydrogen) atoms. The van der Waals surface area contributed by atoms with E-state index in [2.05, 4.69) is 33.1 Å². The molecule has 0 aromatic rings. The molecule has 7 N–H and O–H groups in total. The van der Waals surface area contributed by atoms with Crippen molar-refractivity contribution in [2.24, 2.45) is 58.1 Å². The fourth-order valence-corrected chi connectivity index (χ4v) is 9.53. The second kappa shape index (κ2) is 8.83. The van der Waals surface area contributed by atoms with E-state index >= 15 is 0 Å². The van der Waals surface area contributed by atoms with Gasteiger partial charge in [-0.1, -0.05) is 34.1 Å². The molecule has 0 aromatic heterocycles. The topological polar surface area (TPSA) is 123 Å². The minimum Gasteiger partial charge on any atom is -0.393 e. The van der Waals surface area contributed by atoms with Crippen molar-refractivity contribution in [3.05, 3.63) is 0 Å². The first-order chi connectivity index (χ1) is 15.1. The Hall–Kier alpha value is -0.690. The third kappa shape index (κ3) is 3.55. The number of hydrogen-bond donors (Lipinski definition) is 6. The number of hydrazine groups is 1. The van der Waals surface area contributed by atoms with Crippen molar-refractivity contribution < 1.29 is 15.3 Å². The van der Waals surface area contributed by atoms with Crippen molar-refractivity contribution >= 4 is 5.84 Å². The Morgan fingerprint density at radius 1 is 1.09 bits per heavy atom. The van der Waals surface area contributed by atoms with Gasteiger partial charge in [0, 0.05) is 6.42 Å². The summed E-state index contributed by atoms with van der Waals surface area (Å²) < 4.78 is 0. The lowest BCUT2D eigenvalue weighted by Crippen LogP contribution is -2.65. The number of nitrogens with two attached hydrogens (primary N) is 1. The van der Waals surface area contributed by atoms with E-state index in [0.717, 1.165) is 51.4 Å². The van der Waals surface area contributed by atoms with Crippen molar-refractivity contribution in [1.82, 2.24) is 5.43 Å². The zero-order valence-corrected chi connectivity index (χ0v) is 20.6. The first kappa shape index (κ1) is 24.4. The Morgan fingerprint density at radius 2 is 1.81 bits per heavy atom. The number of fused-ring (bicyclic) bond motifs is 5. The van der Waals surface area contributed by atoms with E-state index in [4.69, 9.17) is 11.3 Å². The molecule has 0 radical (unpaired) electrons. The quantitative estimate of drug-likeness (QED) is 0.166. The molecule has 0 spiro atoms. The molecule has 4 fully saturated rings. The van der Waals surface area contributed by atoms with Crippen LogP contribution in [0.1, 0.15) is 85.5 Å². The fraction of sp³-hybridized carbons (Fsp3) is 0.962. The van der Waals surface area contributed by atoms with Gasteiger partial charge in [-0.25, -0.2) is 5.84 Å². The number of nitrogens with one attached hydrogen (secondary N) is 2. The van der Waals surface area contributed by atoms with Crippen molar-refractivity contribution in [2.45, 2.75) is 104 Å². The molecular weight excluding hydrogens is 402 g/mol. The Bertz CT molecular complexity index is 704. The van der Waals surface area contributed by atoms with Crippen LogP contribution in [0.25, 0.3) is 0 Å². The standard InChI is InChI=1S/C26H47N3O3/c1-5-16-19-12-15(30)10-11-25(19,3)20-13-21(31)26(4)17(14(2)6-9-22(27)29-28)7-8-18(26)23(20)24(16)32/h14-21,23-24,30-32H,5-13,28H2,1-4H3,(H2,27,29)/t14-,15-,16-,17?,18?,19+,20?,21+,23?,24-,25+,26-/m1/s1. The third-order valence-corrected chi connectivity index (χ3v) is 11.3. The van der Waals surface area contributed by atoms with Crippen molar-refractivity contribution in [3.8, 4) is 0 Å². The van der Waals surface area contributed by atoms with Crippen LogP contribution in [0.5, 0.6) is 0 Å². The van der Waals surface area contributed by atoms with Crippen molar-refractivity contribution in [2.75, 3.05) is 0 Å². The van der Waals surface area contributed by atoms with Gasteiger partial charge in [-0.3, -0.25) is 5.41 Å². The van der Waals surface area contributed by atoms with Gasteiger partial charge in [-0.15, -0.1) is 0 Å². The minimum absolute atomic E-state index is 0.0949. The highest BCUT2D eigenvalue weighted by Crippen LogP contribution is 2.69. The first-order valence-corrected chi connectivity index (χ1v) is 13.2. The number of aliphatic hydroxyl groups is 3. The van der Waals surface area contributed by atoms with Crippen molar-refractivity contribution in [3.63, 3.8) is 0 Å². The van der Waals surface area contributed by atoms with Crippen LogP contribution in [0.2, 0.25) is 0 Å². The largest absolute Gasteiger partial charge is 0.393 e. The molecule has 0 bridgehead atoms. The minimum atomic E-state index is -0.356. The maximum atomic E-state index is 11.8. The van der Waals surface area contributed by atoms with Gasteiger partial charge < -0.3 is 20.7 Å². The Balaban J connectivity index is 1.63. The van der Waals surface area contributed by atoms with Crippen LogP contribution >= 0.6 is 0 Å². The zero-order valence-electron chi connectivity index (χ0n) is 20.6. The summed E-state index contributed by atoms with van der Waals surface area (Å²) >= 11 is 0. The first-order valence-electron chi connectivity index (χ1n) is 13.2. The molecule has 6 nitrogen and oxygen atoms in total. The van der Waals surface area contributed by atoms with E-state index in [1.807, 2.05) is 0 Å². The normalized spacial score (nSPS) is 51.3. The van der Waals surface area contributed by atoms with E-state index < -0.39 is 0 Å². The molecule has 0 aliphatic heterocycles. The Labute approximate surface area is 194 Å². The summed E-state index contributed by atoms with van der Waals surface area (Å²) in [7, 11) is 0. The summed E-state index contributed by atoms with van der Waals surface area (Å²) in [6.45, 7) is 9.18. The van der Waals surface area contributed by atoms with Crippen LogP contribution in [0.15, 0.2) is 0 Å². The lowest BCUT2D eigenvalue weighted by molar-refractivity contribution is -0.228. The molecule has 12 atom stereocenters. The lowest BCUT2D eigenvalue weighted by atomic mass is 9.41. The molecule has 0 amide bonds. The number of rotatable bonds is 5. The van der Waals surface area contributed by atoms with Crippen LogP contribution in [-0.4, -0.2) is 39.5 Å². The Morgan fingerprint density at radius 3 is 2.47 bits per heavy atom. The molecule has 0 saturated heterocycles. The molecule has 4 unspecified atom stereocenters. The van der Waals surface area contributed by atoms with Gasteiger partial charge >= 0.3 is 0 Å². The summed E-state index contributed by atoms with van der Waals surface area (Å²) in [5.74, 6) is 8.06. The van der Waals surface area contributed by atoms with E-state index in [9.17, 15) is 15.3 Å². The molecule has 4 aliphatic carbocycles. The summed E-state index contributed by atoms with van der Waals surface area (Å²) in [4.78, 5) is 0. The highest BCUT2D eigenvalue weighted by molar-refractivity contribution is 5.78. The Kier molecular flexibility index (Phi) is 6.74. The van der Waals surface area contributed by atoms with Crippen LogP contribution in [0.4, 0.5) is 0 Å². The maximum absolute atomic E-state index is 11.8. The fourth-order valence-electron chi connectivity index (χ4n) is 9.53. The molecular formula is C26H47N3O3. The molecule has 4 rings (SSSR count). The van der Waals surface area contributed by atoms with E-state index in [1.165, 1.54) is 0 Å². The summed E-state index contributed by atoms with van der Waals surface area (Å²) in [6.07, 6.45) is 7.15. The molecule has 6 heteroatoms. The summed E-state index contributed by atoms with van der Waals surface area (Å²) in [5, 5.41) is 41.7. The van der Waals surface area contributed by atoms with Gasteiger partial charge in [0.2, 0.25) is 0 Å². The highest BCUT2D eigenvalue weighted by atomic mass is 16.3.